The third-order valence-corrected chi connectivity index (χ3v) is 4.67. The first-order valence-electron chi connectivity index (χ1n) is 5.52. The molecule has 2 fully saturated rings. The number of rotatable bonds is 2. The Morgan fingerprint density at radius 3 is 2.94 bits per heavy atom. The van der Waals surface area contributed by atoms with Crippen LogP contribution in [0, 0.1) is 5.92 Å². The average molecular weight is 257 g/mol. The maximum Gasteiger partial charge on any atom is 0.261 e. The number of thiophene rings is 1. The molecule has 2 aliphatic rings. The van der Waals surface area contributed by atoms with E-state index in [0.29, 0.717) is 21.3 Å². The molecule has 1 amide bonds. The van der Waals surface area contributed by atoms with Gasteiger partial charge in [0.1, 0.15) is 0 Å². The number of halogens is 1. The van der Waals surface area contributed by atoms with Gasteiger partial charge in [-0.15, -0.1) is 11.3 Å². The van der Waals surface area contributed by atoms with Gasteiger partial charge in [0.25, 0.3) is 5.91 Å². The van der Waals surface area contributed by atoms with Crippen LogP contribution in [0.1, 0.15) is 22.5 Å². The van der Waals surface area contributed by atoms with Gasteiger partial charge in [0, 0.05) is 12.1 Å². The molecule has 5 heteroatoms. The molecule has 1 aliphatic carbocycles. The fourth-order valence-corrected chi connectivity index (χ4v) is 3.63. The van der Waals surface area contributed by atoms with Crippen LogP contribution >= 0.6 is 22.9 Å². The van der Waals surface area contributed by atoms with E-state index in [1.807, 2.05) is 0 Å². The molecule has 86 valence electrons. The summed E-state index contributed by atoms with van der Waals surface area (Å²) in [6.45, 7) is 1.11. The summed E-state index contributed by atoms with van der Waals surface area (Å²) in [4.78, 5) is 12.6. The van der Waals surface area contributed by atoms with E-state index >= 15 is 0 Å². The Labute approximate surface area is 103 Å². The van der Waals surface area contributed by atoms with E-state index in [9.17, 15) is 4.79 Å². The van der Waals surface area contributed by atoms with Gasteiger partial charge in [-0.3, -0.25) is 4.79 Å². The van der Waals surface area contributed by atoms with Crippen LogP contribution in [0.4, 0.5) is 0 Å². The van der Waals surface area contributed by atoms with E-state index in [1.54, 1.807) is 12.1 Å². The van der Waals surface area contributed by atoms with Crippen molar-refractivity contribution in [3.63, 3.8) is 0 Å². The number of hydrogen-bond donors (Lipinski definition) is 2. The molecule has 1 aromatic heterocycles. The standard InChI is InChI=1S/C11H13ClN2OS/c12-10-2-1-9(16-10)11(15)14-8-4-6-3-7(8)13-5-6/h1-2,6-8,13H,3-5H2,(H,14,15). The Morgan fingerprint density at radius 2 is 2.38 bits per heavy atom. The second-order valence-corrected chi connectivity index (χ2v) is 6.25. The molecular weight excluding hydrogens is 244 g/mol. The van der Waals surface area contributed by atoms with Gasteiger partial charge in [-0.2, -0.15) is 0 Å². The van der Waals surface area contributed by atoms with Crippen molar-refractivity contribution in [1.82, 2.24) is 10.6 Å². The van der Waals surface area contributed by atoms with Gasteiger partial charge >= 0.3 is 0 Å². The highest BCUT2D eigenvalue weighted by atomic mass is 35.5. The molecule has 3 rings (SSSR count). The van der Waals surface area contributed by atoms with Crippen LogP contribution in [0.3, 0.4) is 0 Å². The molecule has 3 unspecified atom stereocenters. The second-order valence-electron chi connectivity index (χ2n) is 4.54. The quantitative estimate of drug-likeness (QED) is 0.848. The zero-order valence-corrected chi connectivity index (χ0v) is 10.3. The van der Waals surface area contributed by atoms with E-state index in [4.69, 9.17) is 11.6 Å². The number of nitrogens with one attached hydrogen (secondary N) is 2. The van der Waals surface area contributed by atoms with Crippen LogP contribution in [-0.2, 0) is 0 Å². The molecule has 1 saturated carbocycles. The number of piperidine rings is 1. The van der Waals surface area contributed by atoms with Gasteiger partial charge in [-0.1, -0.05) is 11.6 Å². The zero-order chi connectivity index (χ0) is 11.1. The highest BCUT2D eigenvalue weighted by Gasteiger charge is 2.40. The second kappa shape index (κ2) is 4.02. The van der Waals surface area contributed by atoms with E-state index in [2.05, 4.69) is 10.6 Å². The lowest BCUT2D eigenvalue weighted by molar-refractivity contribution is 0.0932. The van der Waals surface area contributed by atoms with E-state index < -0.39 is 0 Å². The van der Waals surface area contributed by atoms with E-state index in [-0.39, 0.29) is 5.91 Å². The first-order chi connectivity index (χ1) is 7.72. The van der Waals surface area contributed by atoms with Gasteiger partial charge in [-0.25, -0.2) is 0 Å². The minimum Gasteiger partial charge on any atom is -0.347 e. The van der Waals surface area contributed by atoms with Crippen molar-refractivity contribution in [2.45, 2.75) is 24.9 Å². The summed E-state index contributed by atoms with van der Waals surface area (Å²) in [5.74, 6) is 0.762. The SMILES string of the molecule is O=C(NC1CC2CNC1C2)c1ccc(Cl)s1. The van der Waals surface area contributed by atoms with Crippen molar-refractivity contribution in [2.75, 3.05) is 6.54 Å². The lowest BCUT2D eigenvalue weighted by Crippen LogP contribution is -2.47. The summed E-state index contributed by atoms with van der Waals surface area (Å²) in [6, 6.07) is 4.32. The summed E-state index contributed by atoms with van der Waals surface area (Å²) in [6.07, 6.45) is 2.32. The zero-order valence-electron chi connectivity index (χ0n) is 8.70. The lowest BCUT2D eigenvalue weighted by atomic mass is 10.1. The average Bonchev–Trinajstić information content (AvgIpc) is 2.92. The van der Waals surface area contributed by atoms with Crippen LogP contribution < -0.4 is 10.6 Å². The fourth-order valence-electron chi connectivity index (χ4n) is 2.69. The number of carbonyl (C=O) groups excluding carboxylic acids is 1. The minimum absolute atomic E-state index is 0.0104. The molecule has 1 aromatic rings. The van der Waals surface area contributed by atoms with Crippen molar-refractivity contribution < 1.29 is 4.79 Å². The molecule has 16 heavy (non-hydrogen) atoms. The van der Waals surface area contributed by atoms with Gasteiger partial charge in [0.05, 0.1) is 9.21 Å². The van der Waals surface area contributed by atoms with Crippen molar-refractivity contribution in [3.8, 4) is 0 Å². The topological polar surface area (TPSA) is 41.1 Å². The van der Waals surface area contributed by atoms with Crippen molar-refractivity contribution in [1.29, 1.82) is 0 Å². The van der Waals surface area contributed by atoms with Crippen LogP contribution in [0.5, 0.6) is 0 Å². The number of amides is 1. The summed E-state index contributed by atoms with van der Waals surface area (Å²) in [7, 11) is 0. The Balaban J connectivity index is 1.65. The normalized spacial score (nSPS) is 31.9. The molecule has 0 spiro atoms. The fraction of sp³-hybridized carbons (Fsp3) is 0.545. The molecule has 2 N–H and O–H groups in total. The van der Waals surface area contributed by atoms with Crippen LogP contribution in [0.15, 0.2) is 12.1 Å². The number of carbonyl (C=O) groups is 1. The molecule has 1 saturated heterocycles. The van der Waals surface area contributed by atoms with Crippen LogP contribution in [0.25, 0.3) is 0 Å². The van der Waals surface area contributed by atoms with E-state index in [0.717, 1.165) is 18.9 Å². The summed E-state index contributed by atoms with van der Waals surface area (Å²) in [5.41, 5.74) is 0. The summed E-state index contributed by atoms with van der Waals surface area (Å²) in [5, 5.41) is 6.52. The van der Waals surface area contributed by atoms with Crippen molar-refractivity contribution >= 4 is 28.8 Å². The number of hydrogen-bond acceptors (Lipinski definition) is 3. The first kappa shape index (κ1) is 10.6. The highest BCUT2D eigenvalue weighted by molar-refractivity contribution is 7.17. The Bertz CT molecular complexity index is 420. The predicted octanol–water partition coefficient (Wildman–Crippen LogP) is 1.88. The Hall–Kier alpha value is -0.580. The summed E-state index contributed by atoms with van der Waals surface area (Å²) < 4.78 is 0.663. The van der Waals surface area contributed by atoms with Crippen LogP contribution in [-0.4, -0.2) is 24.5 Å². The largest absolute Gasteiger partial charge is 0.347 e. The van der Waals surface area contributed by atoms with Crippen LogP contribution in [0.2, 0.25) is 4.34 Å². The van der Waals surface area contributed by atoms with Gasteiger partial charge in [0.2, 0.25) is 0 Å². The molecule has 0 radical (unpaired) electrons. The molecule has 3 nitrogen and oxygen atoms in total. The molecular formula is C11H13ClN2OS. The van der Waals surface area contributed by atoms with Crippen molar-refractivity contribution in [2.24, 2.45) is 5.92 Å². The van der Waals surface area contributed by atoms with Gasteiger partial charge in [-0.05, 0) is 37.4 Å². The minimum atomic E-state index is 0.0104. The molecule has 3 atom stereocenters. The maximum absolute atomic E-state index is 11.9. The maximum atomic E-state index is 11.9. The smallest absolute Gasteiger partial charge is 0.261 e. The highest BCUT2D eigenvalue weighted by Crippen LogP contribution is 2.31. The van der Waals surface area contributed by atoms with Gasteiger partial charge in [0.15, 0.2) is 0 Å². The Kier molecular flexibility index (Phi) is 2.65. The first-order valence-corrected chi connectivity index (χ1v) is 6.71. The van der Waals surface area contributed by atoms with Gasteiger partial charge < -0.3 is 10.6 Å². The molecule has 1 aliphatic heterocycles. The third kappa shape index (κ3) is 1.85. The third-order valence-electron chi connectivity index (χ3n) is 3.44. The monoisotopic (exact) mass is 256 g/mol. The molecule has 2 heterocycles. The van der Waals surface area contributed by atoms with E-state index in [1.165, 1.54) is 17.8 Å². The molecule has 2 bridgehead atoms. The number of fused-ring (bicyclic) bond motifs is 2. The van der Waals surface area contributed by atoms with Crippen molar-refractivity contribution in [3.05, 3.63) is 21.3 Å². The molecule has 0 aromatic carbocycles. The predicted molar refractivity (Wildman–Crippen MR) is 65.1 cm³/mol. The Morgan fingerprint density at radius 1 is 1.50 bits per heavy atom. The lowest BCUT2D eigenvalue weighted by Gasteiger charge is -2.23. The summed E-state index contributed by atoms with van der Waals surface area (Å²) >= 11 is 7.14.